The highest BCUT2D eigenvalue weighted by Crippen LogP contribution is 2.28. The first kappa shape index (κ1) is 11.6. The minimum atomic E-state index is 0.387. The van der Waals surface area contributed by atoms with E-state index in [0.717, 1.165) is 31.7 Å². The maximum atomic E-state index is 6.05. The topological polar surface area (TPSA) is 30.5 Å². The molecule has 0 saturated carbocycles. The summed E-state index contributed by atoms with van der Waals surface area (Å²) in [5, 5.41) is 4.04. The smallest absolute Gasteiger partial charge is 0.137 e. The highest BCUT2D eigenvalue weighted by atomic mass is 35.5. The Morgan fingerprint density at radius 1 is 1.50 bits per heavy atom. The van der Waals surface area contributed by atoms with Crippen molar-refractivity contribution >= 4 is 17.3 Å². The summed E-state index contributed by atoms with van der Waals surface area (Å²) in [6.45, 7) is 1.64. The minimum Gasteiger partial charge on any atom is -0.495 e. The Morgan fingerprint density at radius 3 is 3.00 bits per heavy atom. The summed E-state index contributed by atoms with van der Waals surface area (Å²) >= 11 is 6.05. The molecule has 16 heavy (non-hydrogen) atoms. The van der Waals surface area contributed by atoms with E-state index in [1.165, 1.54) is 0 Å². The third kappa shape index (κ3) is 2.80. The number of rotatable bonds is 3. The molecule has 3 nitrogen and oxygen atoms in total. The number of hydrogen-bond acceptors (Lipinski definition) is 3. The fourth-order valence-corrected chi connectivity index (χ4v) is 2.10. The molecule has 1 aliphatic heterocycles. The van der Waals surface area contributed by atoms with Crippen LogP contribution < -0.4 is 10.1 Å². The van der Waals surface area contributed by atoms with E-state index in [9.17, 15) is 0 Å². The van der Waals surface area contributed by atoms with Gasteiger partial charge in [-0.1, -0.05) is 11.6 Å². The van der Waals surface area contributed by atoms with Crippen LogP contribution in [0, 0.1) is 0 Å². The lowest BCUT2D eigenvalue weighted by Gasteiger charge is -2.24. The third-order valence-electron chi connectivity index (χ3n) is 2.68. The molecule has 1 saturated heterocycles. The van der Waals surface area contributed by atoms with Gasteiger partial charge < -0.3 is 14.8 Å². The van der Waals surface area contributed by atoms with Gasteiger partial charge in [0.15, 0.2) is 0 Å². The van der Waals surface area contributed by atoms with Crippen LogP contribution in [0.2, 0.25) is 5.02 Å². The van der Waals surface area contributed by atoms with Crippen molar-refractivity contribution in [2.45, 2.75) is 18.9 Å². The van der Waals surface area contributed by atoms with Gasteiger partial charge >= 0.3 is 0 Å². The molecule has 1 heterocycles. The number of anilines is 1. The summed E-state index contributed by atoms with van der Waals surface area (Å²) in [6.07, 6.45) is 2.26. The summed E-state index contributed by atoms with van der Waals surface area (Å²) in [5.41, 5.74) is 1.02. The van der Waals surface area contributed by atoms with Crippen molar-refractivity contribution in [1.82, 2.24) is 0 Å². The van der Waals surface area contributed by atoms with Gasteiger partial charge in [0.2, 0.25) is 0 Å². The molecule has 0 aliphatic carbocycles. The lowest BCUT2D eigenvalue weighted by molar-refractivity contribution is 0.0876. The lowest BCUT2D eigenvalue weighted by atomic mass is 10.1. The number of nitrogens with one attached hydrogen (secondary N) is 1. The fraction of sp³-hybridized carbons (Fsp3) is 0.500. The first-order valence-corrected chi connectivity index (χ1v) is 5.85. The summed E-state index contributed by atoms with van der Waals surface area (Å²) in [4.78, 5) is 0. The van der Waals surface area contributed by atoms with Crippen LogP contribution in [-0.2, 0) is 4.74 Å². The monoisotopic (exact) mass is 241 g/mol. The predicted molar refractivity (Wildman–Crippen MR) is 65.5 cm³/mol. The largest absolute Gasteiger partial charge is 0.495 e. The Balaban J connectivity index is 2.01. The van der Waals surface area contributed by atoms with Crippen LogP contribution in [0.5, 0.6) is 5.75 Å². The lowest BCUT2D eigenvalue weighted by Crippen LogP contribution is -2.29. The molecule has 0 bridgehead atoms. The van der Waals surface area contributed by atoms with Crippen LogP contribution in [0.25, 0.3) is 0 Å². The summed E-state index contributed by atoms with van der Waals surface area (Å²) in [7, 11) is 1.61. The minimum absolute atomic E-state index is 0.387. The van der Waals surface area contributed by atoms with Crippen LogP contribution in [-0.4, -0.2) is 26.4 Å². The van der Waals surface area contributed by atoms with E-state index in [4.69, 9.17) is 21.1 Å². The molecule has 0 radical (unpaired) electrons. The van der Waals surface area contributed by atoms with Gasteiger partial charge in [0.25, 0.3) is 0 Å². The van der Waals surface area contributed by atoms with Gasteiger partial charge in [0.05, 0.1) is 18.7 Å². The highest BCUT2D eigenvalue weighted by molar-refractivity contribution is 6.32. The molecule has 1 aromatic rings. The molecule has 1 atom stereocenters. The van der Waals surface area contributed by atoms with E-state index in [0.29, 0.717) is 16.8 Å². The third-order valence-corrected chi connectivity index (χ3v) is 2.98. The summed E-state index contributed by atoms with van der Waals surface area (Å²) in [5.74, 6) is 0.701. The molecule has 0 aromatic heterocycles. The summed E-state index contributed by atoms with van der Waals surface area (Å²) < 4.78 is 10.5. The van der Waals surface area contributed by atoms with Crippen molar-refractivity contribution in [3.05, 3.63) is 23.2 Å². The maximum Gasteiger partial charge on any atom is 0.137 e. The number of halogens is 1. The van der Waals surface area contributed by atoms with Gasteiger partial charge in [-0.05, 0) is 31.0 Å². The second-order valence-electron chi connectivity index (χ2n) is 3.91. The van der Waals surface area contributed by atoms with Crippen molar-refractivity contribution in [3.8, 4) is 5.75 Å². The van der Waals surface area contributed by atoms with Gasteiger partial charge in [-0.3, -0.25) is 0 Å². The second-order valence-corrected chi connectivity index (χ2v) is 4.31. The zero-order chi connectivity index (χ0) is 11.4. The molecule has 1 unspecified atom stereocenters. The SMILES string of the molecule is COc1ccc(NC2CCCOC2)cc1Cl. The van der Waals surface area contributed by atoms with Gasteiger partial charge in [-0.15, -0.1) is 0 Å². The van der Waals surface area contributed by atoms with Gasteiger partial charge in [-0.2, -0.15) is 0 Å². The molecule has 1 aliphatic rings. The van der Waals surface area contributed by atoms with Crippen LogP contribution >= 0.6 is 11.6 Å². The Morgan fingerprint density at radius 2 is 2.38 bits per heavy atom. The average Bonchev–Trinajstić information content (AvgIpc) is 2.31. The van der Waals surface area contributed by atoms with Crippen LogP contribution in [0.3, 0.4) is 0 Å². The van der Waals surface area contributed by atoms with Gasteiger partial charge in [-0.25, -0.2) is 0 Å². The molecular weight excluding hydrogens is 226 g/mol. The summed E-state index contributed by atoms with van der Waals surface area (Å²) in [6, 6.07) is 6.11. The maximum absolute atomic E-state index is 6.05. The first-order chi connectivity index (χ1) is 7.79. The van der Waals surface area contributed by atoms with Crippen LogP contribution in [0.1, 0.15) is 12.8 Å². The van der Waals surface area contributed by atoms with Crippen LogP contribution in [0.4, 0.5) is 5.69 Å². The second kappa shape index (κ2) is 5.41. The van der Waals surface area contributed by atoms with Crippen LogP contribution in [0.15, 0.2) is 18.2 Å². The molecule has 2 rings (SSSR count). The van der Waals surface area contributed by atoms with Crippen molar-refractivity contribution in [1.29, 1.82) is 0 Å². The normalized spacial score (nSPS) is 20.5. The highest BCUT2D eigenvalue weighted by Gasteiger charge is 2.13. The molecule has 1 N–H and O–H groups in total. The van der Waals surface area contributed by atoms with E-state index >= 15 is 0 Å². The van der Waals surface area contributed by atoms with Crippen molar-refractivity contribution in [2.24, 2.45) is 0 Å². The van der Waals surface area contributed by atoms with Crippen molar-refractivity contribution in [3.63, 3.8) is 0 Å². The Kier molecular flexibility index (Phi) is 3.91. The number of benzene rings is 1. The standard InChI is InChI=1S/C12H16ClNO2/c1-15-12-5-4-9(7-11(12)13)14-10-3-2-6-16-8-10/h4-5,7,10,14H,2-3,6,8H2,1H3. The van der Waals surface area contributed by atoms with Crippen molar-refractivity contribution < 1.29 is 9.47 Å². The zero-order valence-corrected chi connectivity index (χ0v) is 10.1. The number of hydrogen-bond donors (Lipinski definition) is 1. The molecule has 4 heteroatoms. The van der Waals surface area contributed by atoms with E-state index < -0.39 is 0 Å². The first-order valence-electron chi connectivity index (χ1n) is 5.47. The van der Waals surface area contributed by atoms with Crippen molar-refractivity contribution in [2.75, 3.05) is 25.6 Å². The molecule has 1 fully saturated rings. The predicted octanol–water partition coefficient (Wildman–Crippen LogP) is 2.94. The average molecular weight is 242 g/mol. The molecular formula is C12H16ClNO2. The Hall–Kier alpha value is -0.930. The quantitative estimate of drug-likeness (QED) is 0.883. The zero-order valence-electron chi connectivity index (χ0n) is 9.33. The number of ether oxygens (including phenoxy) is 2. The van der Waals surface area contributed by atoms with E-state index in [1.54, 1.807) is 7.11 Å². The molecule has 1 aromatic carbocycles. The Bertz CT molecular complexity index is 351. The van der Waals surface area contributed by atoms with Gasteiger partial charge in [0.1, 0.15) is 5.75 Å². The van der Waals surface area contributed by atoms with E-state index in [1.807, 2.05) is 18.2 Å². The fourth-order valence-electron chi connectivity index (χ4n) is 1.85. The van der Waals surface area contributed by atoms with E-state index in [2.05, 4.69) is 5.32 Å². The molecule has 88 valence electrons. The Labute approximate surface area is 101 Å². The number of methoxy groups -OCH3 is 1. The van der Waals surface area contributed by atoms with E-state index in [-0.39, 0.29) is 0 Å². The van der Waals surface area contributed by atoms with Gasteiger partial charge in [0, 0.05) is 18.3 Å². The molecule has 0 amide bonds. The molecule has 0 spiro atoms.